The third kappa shape index (κ3) is 5.88. The summed E-state index contributed by atoms with van der Waals surface area (Å²) in [4.78, 5) is 11.4. The molecular weight excluding hydrogens is 236 g/mol. The summed E-state index contributed by atoms with van der Waals surface area (Å²) in [5, 5.41) is 2.89. The molecule has 1 unspecified atom stereocenters. The van der Waals surface area contributed by atoms with E-state index in [0.717, 1.165) is 6.42 Å². The van der Waals surface area contributed by atoms with Crippen molar-refractivity contribution in [2.24, 2.45) is 5.73 Å². The maximum absolute atomic E-state index is 11.4. The van der Waals surface area contributed by atoms with Crippen LogP contribution < -0.4 is 11.1 Å². The Kier molecular flexibility index (Phi) is 5.55. The van der Waals surface area contributed by atoms with Crippen molar-refractivity contribution in [3.63, 3.8) is 0 Å². The largest absolute Gasteiger partial charge is 0.356 e. The lowest BCUT2D eigenvalue weighted by Gasteiger charge is -2.19. The van der Waals surface area contributed by atoms with Gasteiger partial charge in [0.25, 0.3) is 0 Å². The standard InChI is InChI=1S/C16H26N2O/c1-12(17)11-15(19)18-10-9-13-5-7-14(8-6-13)16(2,3)4/h5-8,12H,9-11,17H2,1-4H3,(H,18,19). The highest BCUT2D eigenvalue weighted by Gasteiger charge is 2.12. The van der Waals surface area contributed by atoms with Gasteiger partial charge in [-0.15, -0.1) is 0 Å². The van der Waals surface area contributed by atoms with E-state index >= 15 is 0 Å². The van der Waals surface area contributed by atoms with Crippen molar-refractivity contribution in [3.05, 3.63) is 35.4 Å². The van der Waals surface area contributed by atoms with E-state index in [-0.39, 0.29) is 17.4 Å². The molecule has 0 aliphatic carbocycles. The summed E-state index contributed by atoms with van der Waals surface area (Å²) in [7, 11) is 0. The molecule has 0 aliphatic heterocycles. The molecule has 3 nitrogen and oxygen atoms in total. The molecule has 3 N–H and O–H groups in total. The average Bonchev–Trinajstić information content (AvgIpc) is 2.27. The molecule has 0 aromatic heterocycles. The van der Waals surface area contributed by atoms with Gasteiger partial charge in [0.05, 0.1) is 0 Å². The molecule has 0 aliphatic rings. The van der Waals surface area contributed by atoms with Crippen LogP contribution in [-0.2, 0) is 16.6 Å². The van der Waals surface area contributed by atoms with Crippen molar-refractivity contribution in [2.45, 2.75) is 52.0 Å². The number of benzene rings is 1. The predicted octanol–water partition coefficient (Wildman–Crippen LogP) is 2.38. The summed E-state index contributed by atoms with van der Waals surface area (Å²) < 4.78 is 0. The van der Waals surface area contributed by atoms with Crippen molar-refractivity contribution in [1.82, 2.24) is 5.32 Å². The van der Waals surface area contributed by atoms with Gasteiger partial charge in [-0.2, -0.15) is 0 Å². The zero-order valence-electron chi connectivity index (χ0n) is 12.5. The second kappa shape index (κ2) is 6.71. The Balaban J connectivity index is 2.40. The number of amides is 1. The number of nitrogens with two attached hydrogens (primary N) is 1. The molecule has 0 bridgehead atoms. The molecule has 0 heterocycles. The zero-order valence-corrected chi connectivity index (χ0v) is 12.5. The number of rotatable bonds is 5. The Labute approximate surface area is 116 Å². The number of carbonyl (C=O) groups is 1. The molecule has 0 radical (unpaired) electrons. The lowest BCUT2D eigenvalue weighted by Crippen LogP contribution is -2.31. The van der Waals surface area contributed by atoms with E-state index < -0.39 is 0 Å². The minimum Gasteiger partial charge on any atom is -0.356 e. The first-order chi connectivity index (χ1) is 8.79. The monoisotopic (exact) mass is 262 g/mol. The minimum atomic E-state index is -0.0777. The van der Waals surface area contributed by atoms with Gasteiger partial charge in [0.2, 0.25) is 5.91 Å². The van der Waals surface area contributed by atoms with Crippen LogP contribution in [0.15, 0.2) is 24.3 Å². The van der Waals surface area contributed by atoms with E-state index in [4.69, 9.17) is 5.73 Å². The van der Waals surface area contributed by atoms with E-state index in [1.165, 1.54) is 11.1 Å². The van der Waals surface area contributed by atoms with Gasteiger partial charge < -0.3 is 11.1 Å². The van der Waals surface area contributed by atoms with E-state index in [9.17, 15) is 4.79 Å². The summed E-state index contributed by atoms with van der Waals surface area (Å²) in [6, 6.07) is 8.53. The van der Waals surface area contributed by atoms with Crippen molar-refractivity contribution in [1.29, 1.82) is 0 Å². The topological polar surface area (TPSA) is 55.1 Å². The fourth-order valence-electron chi connectivity index (χ4n) is 1.88. The Bertz CT molecular complexity index is 402. The molecule has 1 amide bonds. The van der Waals surface area contributed by atoms with Gasteiger partial charge in [-0.1, -0.05) is 45.0 Å². The maximum Gasteiger partial charge on any atom is 0.221 e. The molecule has 3 heteroatoms. The lowest BCUT2D eigenvalue weighted by molar-refractivity contribution is -0.121. The highest BCUT2D eigenvalue weighted by Crippen LogP contribution is 2.22. The van der Waals surface area contributed by atoms with Gasteiger partial charge in [0, 0.05) is 19.0 Å². The third-order valence-electron chi connectivity index (χ3n) is 3.06. The summed E-state index contributed by atoms with van der Waals surface area (Å²) >= 11 is 0. The first kappa shape index (κ1) is 15.7. The fraction of sp³-hybridized carbons (Fsp3) is 0.562. The molecule has 0 saturated heterocycles. The molecule has 0 spiro atoms. The number of hydrogen-bond donors (Lipinski definition) is 2. The number of nitrogens with one attached hydrogen (secondary N) is 1. The summed E-state index contributed by atoms with van der Waals surface area (Å²) in [6.07, 6.45) is 1.25. The van der Waals surface area contributed by atoms with E-state index in [0.29, 0.717) is 13.0 Å². The van der Waals surface area contributed by atoms with Crippen LogP contribution in [0.5, 0.6) is 0 Å². The smallest absolute Gasteiger partial charge is 0.221 e. The first-order valence-electron chi connectivity index (χ1n) is 6.91. The Morgan fingerprint density at radius 2 is 1.84 bits per heavy atom. The second-order valence-corrected chi connectivity index (χ2v) is 6.23. The van der Waals surface area contributed by atoms with Crippen molar-refractivity contribution >= 4 is 5.91 Å². The summed E-state index contributed by atoms with van der Waals surface area (Å²) in [5.41, 5.74) is 8.33. The molecule has 19 heavy (non-hydrogen) atoms. The molecule has 1 aromatic carbocycles. The van der Waals surface area contributed by atoms with Crippen LogP contribution in [0.3, 0.4) is 0 Å². The van der Waals surface area contributed by atoms with Crippen molar-refractivity contribution in [2.75, 3.05) is 6.54 Å². The van der Waals surface area contributed by atoms with Crippen LogP contribution in [0.25, 0.3) is 0 Å². The van der Waals surface area contributed by atoms with Gasteiger partial charge in [0.15, 0.2) is 0 Å². The average molecular weight is 262 g/mol. The third-order valence-corrected chi connectivity index (χ3v) is 3.06. The molecule has 106 valence electrons. The highest BCUT2D eigenvalue weighted by molar-refractivity contribution is 5.76. The molecule has 1 aromatic rings. The van der Waals surface area contributed by atoms with Gasteiger partial charge in [-0.25, -0.2) is 0 Å². The van der Waals surface area contributed by atoms with E-state index in [1.54, 1.807) is 0 Å². The number of carbonyl (C=O) groups excluding carboxylic acids is 1. The summed E-state index contributed by atoms with van der Waals surface area (Å²) in [6.45, 7) is 9.12. The Morgan fingerprint density at radius 1 is 1.26 bits per heavy atom. The van der Waals surface area contributed by atoms with Crippen molar-refractivity contribution < 1.29 is 4.79 Å². The van der Waals surface area contributed by atoms with Crippen LogP contribution >= 0.6 is 0 Å². The van der Waals surface area contributed by atoms with E-state index in [1.807, 2.05) is 6.92 Å². The maximum atomic E-state index is 11.4. The first-order valence-corrected chi connectivity index (χ1v) is 6.91. The number of hydrogen-bond acceptors (Lipinski definition) is 2. The van der Waals surface area contributed by atoms with Gasteiger partial charge in [0.1, 0.15) is 0 Å². The van der Waals surface area contributed by atoms with E-state index in [2.05, 4.69) is 50.4 Å². The second-order valence-electron chi connectivity index (χ2n) is 6.23. The van der Waals surface area contributed by atoms with Crippen LogP contribution in [0.1, 0.15) is 45.2 Å². The molecule has 1 atom stereocenters. The minimum absolute atomic E-state index is 0.0290. The fourth-order valence-corrected chi connectivity index (χ4v) is 1.88. The van der Waals surface area contributed by atoms with Gasteiger partial charge in [-0.3, -0.25) is 4.79 Å². The lowest BCUT2D eigenvalue weighted by atomic mass is 9.86. The van der Waals surface area contributed by atoms with Crippen LogP contribution in [0.4, 0.5) is 0 Å². The van der Waals surface area contributed by atoms with Gasteiger partial charge in [-0.05, 0) is 29.9 Å². The summed E-state index contributed by atoms with van der Waals surface area (Å²) in [5.74, 6) is 0.0290. The zero-order chi connectivity index (χ0) is 14.5. The quantitative estimate of drug-likeness (QED) is 0.856. The van der Waals surface area contributed by atoms with Crippen LogP contribution in [-0.4, -0.2) is 18.5 Å². The van der Waals surface area contributed by atoms with Crippen molar-refractivity contribution in [3.8, 4) is 0 Å². The predicted molar refractivity (Wildman–Crippen MR) is 80.1 cm³/mol. The normalized spacial score (nSPS) is 13.1. The Hall–Kier alpha value is -1.35. The molecule has 1 rings (SSSR count). The molecular formula is C16H26N2O. The molecule has 0 fully saturated rings. The van der Waals surface area contributed by atoms with Gasteiger partial charge >= 0.3 is 0 Å². The van der Waals surface area contributed by atoms with Crippen LogP contribution in [0.2, 0.25) is 0 Å². The molecule has 0 saturated carbocycles. The SMILES string of the molecule is CC(N)CC(=O)NCCc1ccc(C(C)(C)C)cc1. The highest BCUT2D eigenvalue weighted by atomic mass is 16.1. The Morgan fingerprint density at radius 3 is 2.32 bits per heavy atom. The van der Waals surface area contributed by atoms with Crippen LogP contribution in [0, 0.1) is 0 Å².